The highest BCUT2D eigenvalue weighted by Crippen LogP contribution is 2.33. The molecule has 0 fully saturated rings. The van der Waals surface area contributed by atoms with Crippen molar-refractivity contribution in [3.63, 3.8) is 0 Å². The van der Waals surface area contributed by atoms with Crippen LogP contribution in [-0.4, -0.2) is 9.59 Å². The highest BCUT2D eigenvalue weighted by Gasteiger charge is 2.25. The van der Waals surface area contributed by atoms with Gasteiger partial charge in [-0.15, -0.1) is 5.10 Å². The Hall–Kier alpha value is -1.76. The summed E-state index contributed by atoms with van der Waals surface area (Å²) >= 11 is 1.36. The zero-order valence-corrected chi connectivity index (χ0v) is 13.1. The van der Waals surface area contributed by atoms with Gasteiger partial charge in [0.15, 0.2) is 0 Å². The summed E-state index contributed by atoms with van der Waals surface area (Å²) < 4.78 is 10.1. The lowest BCUT2D eigenvalue weighted by atomic mass is 10.0. The van der Waals surface area contributed by atoms with Crippen molar-refractivity contribution in [2.45, 2.75) is 32.7 Å². The lowest BCUT2D eigenvalue weighted by molar-refractivity contribution is 0.477. The second-order valence-electron chi connectivity index (χ2n) is 5.42. The smallest absolute Gasteiger partial charge is 0.137 e. The summed E-state index contributed by atoms with van der Waals surface area (Å²) in [6.07, 6.45) is 0. The maximum absolute atomic E-state index is 6.02. The summed E-state index contributed by atoms with van der Waals surface area (Å²) in [5.74, 6) is 6.85. The van der Waals surface area contributed by atoms with Gasteiger partial charge in [-0.25, -0.2) is 5.43 Å². The molecule has 21 heavy (non-hydrogen) atoms. The molecule has 6 heteroatoms. The first kappa shape index (κ1) is 14.2. The molecule has 5 nitrogen and oxygen atoms in total. The Labute approximate surface area is 127 Å². The Morgan fingerprint density at radius 3 is 2.81 bits per heavy atom. The van der Waals surface area contributed by atoms with Crippen molar-refractivity contribution in [3.8, 4) is 0 Å². The van der Waals surface area contributed by atoms with E-state index in [9.17, 15) is 0 Å². The number of aromatic nitrogens is 2. The van der Waals surface area contributed by atoms with Gasteiger partial charge in [0.2, 0.25) is 0 Å². The van der Waals surface area contributed by atoms with Crippen LogP contribution in [0, 0.1) is 6.92 Å². The maximum Gasteiger partial charge on any atom is 0.137 e. The highest BCUT2D eigenvalue weighted by molar-refractivity contribution is 7.05. The third kappa shape index (κ3) is 2.46. The lowest BCUT2D eigenvalue weighted by Gasteiger charge is -2.13. The number of hydrogen-bond donors (Lipinski definition) is 2. The van der Waals surface area contributed by atoms with Crippen LogP contribution in [0.25, 0.3) is 11.0 Å². The number of para-hydroxylation sites is 1. The van der Waals surface area contributed by atoms with Crippen molar-refractivity contribution in [2.75, 3.05) is 0 Å². The molecule has 0 saturated carbocycles. The quantitative estimate of drug-likeness (QED) is 0.571. The summed E-state index contributed by atoms with van der Waals surface area (Å²) in [4.78, 5) is 1.00. The Balaban J connectivity index is 2.09. The number of hydrogen-bond acceptors (Lipinski definition) is 6. The molecule has 2 heterocycles. The summed E-state index contributed by atoms with van der Waals surface area (Å²) in [7, 11) is 0. The van der Waals surface area contributed by atoms with Gasteiger partial charge in [0.1, 0.15) is 17.4 Å². The van der Waals surface area contributed by atoms with E-state index in [1.807, 2.05) is 31.2 Å². The van der Waals surface area contributed by atoms with E-state index in [1.54, 1.807) is 0 Å². The fourth-order valence-electron chi connectivity index (χ4n) is 2.46. The highest BCUT2D eigenvalue weighted by atomic mass is 32.1. The van der Waals surface area contributed by atoms with Crippen LogP contribution >= 0.6 is 11.5 Å². The third-order valence-corrected chi connectivity index (χ3v) is 4.37. The number of furan rings is 1. The SMILES string of the molecule is Cc1cccc2cc(C(NN)c3snnc3C(C)C)oc12. The van der Waals surface area contributed by atoms with Crippen molar-refractivity contribution < 1.29 is 4.42 Å². The average molecular weight is 302 g/mol. The molecule has 0 radical (unpaired) electrons. The first-order chi connectivity index (χ1) is 10.1. The number of nitrogens with two attached hydrogens (primary N) is 1. The normalized spacial score (nSPS) is 13.2. The van der Waals surface area contributed by atoms with Crippen LogP contribution in [0.3, 0.4) is 0 Å². The molecule has 1 unspecified atom stereocenters. The second-order valence-corrected chi connectivity index (χ2v) is 6.20. The summed E-state index contributed by atoms with van der Waals surface area (Å²) in [5.41, 5.74) is 5.80. The molecule has 3 N–H and O–H groups in total. The van der Waals surface area contributed by atoms with Crippen molar-refractivity contribution in [2.24, 2.45) is 5.84 Å². The van der Waals surface area contributed by atoms with Gasteiger partial charge in [-0.05, 0) is 36.0 Å². The minimum atomic E-state index is -0.228. The Bertz CT molecular complexity index is 762. The molecule has 0 spiro atoms. The first-order valence-electron chi connectivity index (χ1n) is 6.89. The molecule has 0 saturated heterocycles. The average Bonchev–Trinajstić information content (AvgIpc) is 3.07. The van der Waals surface area contributed by atoms with E-state index >= 15 is 0 Å². The van der Waals surface area contributed by atoms with Gasteiger partial charge < -0.3 is 4.42 Å². The van der Waals surface area contributed by atoms with Gasteiger partial charge >= 0.3 is 0 Å². The topological polar surface area (TPSA) is 77.0 Å². The second kappa shape index (κ2) is 5.55. The van der Waals surface area contributed by atoms with Crippen LogP contribution < -0.4 is 11.3 Å². The van der Waals surface area contributed by atoms with Crippen molar-refractivity contribution >= 4 is 22.5 Å². The van der Waals surface area contributed by atoms with E-state index in [2.05, 4.69) is 28.9 Å². The van der Waals surface area contributed by atoms with E-state index in [4.69, 9.17) is 10.3 Å². The molecular formula is C15H18N4OS. The van der Waals surface area contributed by atoms with Gasteiger partial charge in [0.25, 0.3) is 0 Å². The number of fused-ring (bicyclic) bond motifs is 1. The van der Waals surface area contributed by atoms with Gasteiger partial charge in [0, 0.05) is 5.39 Å². The molecule has 0 aliphatic rings. The summed E-state index contributed by atoms with van der Waals surface area (Å²) in [6.45, 7) is 6.22. The van der Waals surface area contributed by atoms with Crippen LogP contribution in [0.15, 0.2) is 28.7 Å². The summed E-state index contributed by atoms with van der Waals surface area (Å²) in [6, 6.07) is 7.90. The number of benzene rings is 1. The number of nitrogens with zero attached hydrogens (tertiary/aromatic N) is 2. The largest absolute Gasteiger partial charge is 0.459 e. The van der Waals surface area contributed by atoms with Gasteiger partial charge in [-0.1, -0.05) is 36.5 Å². The van der Waals surface area contributed by atoms with E-state index in [0.29, 0.717) is 5.92 Å². The first-order valence-corrected chi connectivity index (χ1v) is 7.66. The molecule has 110 valence electrons. The Kier molecular flexibility index (Phi) is 3.75. The van der Waals surface area contributed by atoms with E-state index in [0.717, 1.165) is 32.9 Å². The van der Waals surface area contributed by atoms with Crippen molar-refractivity contribution in [1.29, 1.82) is 0 Å². The molecule has 0 amide bonds. The zero-order valence-electron chi connectivity index (χ0n) is 12.3. The molecule has 0 aliphatic heterocycles. The monoisotopic (exact) mass is 302 g/mol. The molecular weight excluding hydrogens is 284 g/mol. The van der Waals surface area contributed by atoms with E-state index in [-0.39, 0.29) is 6.04 Å². The summed E-state index contributed by atoms with van der Waals surface area (Å²) in [5, 5.41) is 5.29. The van der Waals surface area contributed by atoms with Crippen LogP contribution in [0.2, 0.25) is 0 Å². The molecule has 3 aromatic rings. The van der Waals surface area contributed by atoms with Gasteiger partial charge in [-0.2, -0.15) is 0 Å². The van der Waals surface area contributed by atoms with Crippen LogP contribution in [-0.2, 0) is 0 Å². The fourth-order valence-corrected chi connectivity index (χ4v) is 3.34. The standard InChI is InChI=1S/C15H18N4OS/c1-8(2)12-15(21-19-18-12)13(17-16)11-7-10-6-4-5-9(3)14(10)20-11/h4-8,13,17H,16H2,1-3H3. The number of hydrazine groups is 1. The zero-order chi connectivity index (χ0) is 15.0. The van der Waals surface area contributed by atoms with Crippen LogP contribution in [0.5, 0.6) is 0 Å². The van der Waals surface area contributed by atoms with E-state index in [1.165, 1.54) is 11.5 Å². The minimum Gasteiger partial charge on any atom is -0.459 e. The van der Waals surface area contributed by atoms with Crippen LogP contribution in [0.1, 0.15) is 47.7 Å². The lowest BCUT2D eigenvalue weighted by Crippen LogP contribution is -2.28. The molecule has 2 aromatic heterocycles. The predicted molar refractivity (Wildman–Crippen MR) is 84.1 cm³/mol. The van der Waals surface area contributed by atoms with Gasteiger partial charge in [-0.3, -0.25) is 5.84 Å². The maximum atomic E-state index is 6.02. The molecule has 3 rings (SSSR count). The number of nitrogens with one attached hydrogen (secondary N) is 1. The van der Waals surface area contributed by atoms with Crippen molar-refractivity contribution in [3.05, 3.63) is 46.2 Å². The Morgan fingerprint density at radius 2 is 2.14 bits per heavy atom. The molecule has 0 aliphatic carbocycles. The molecule has 1 atom stereocenters. The Morgan fingerprint density at radius 1 is 1.33 bits per heavy atom. The van der Waals surface area contributed by atoms with E-state index < -0.39 is 0 Å². The predicted octanol–water partition coefficient (Wildman–Crippen LogP) is 3.27. The van der Waals surface area contributed by atoms with Crippen molar-refractivity contribution in [1.82, 2.24) is 15.0 Å². The molecule has 1 aromatic carbocycles. The minimum absolute atomic E-state index is 0.228. The molecule has 0 bridgehead atoms. The number of rotatable bonds is 4. The third-order valence-electron chi connectivity index (χ3n) is 3.56. The number of aryl methyl sites for hydroxylation is 1. The fraction of sp³-hybridized carbons (Fsp3) is 0.333. The van der Waals surface area contributed by atoms with Crippen LogP contribution in [0.4, 0.5) is 0 Å². The van der Waals surface area contributed by atoms with Gasteiger partial charge in [0.05, 0.1) is 10.6 Å².